The van der Waals surface area contributed by atoms with Gasteiger partial charge in [0.25, 0.3) is 0 Å². The van der Waals surface area contributed by atoms with E-state index in [1.54, 1.807) is 6.07 Å². The Morgan fingerprint density at radius 3 is 2.70 bits per heavy atom. The van der Waals surface area contributed by atoms with Crippen molar-refractivity contribution in [1.29, 1.82) is 0 Å². The second-order valence-electron chi connectivity index (χ2n) is 6.48. The lowest BCUT2D eigenvalue weighted by Crippen LogP contribution is -2.34. The zero-order chi connectivity index (χ0) is 16.0. The van der Waals surface area contributed by atoms with E-state index in [4.69, 9.17) is 0 Å². The van der Waals surface area contributed by atoms with Crippen molar-refractivity contribution in [2.45, 2.75) is 24.8 Å². The molecule has 1 heterocycles. The maximum absolute atomic E-state index is 10.5. The summed E-state index contributed by atoms with van der Waals surface area (Å²) in [7, 11) is 0. The fourth-order valence-corrected chi connectivity index (χ4v) is 4.29. The topological polar surface area (TPSA) is 43.7 Å². The van der Waals surface area contributed by atoms with Crippen LogP contribution in [-0.4, -0.2) is 28.2 Å². The van der Waals surface area contributed by atoms with Crippen molar-refractivity contribution in [1.82, 2.24) is 4.90 Å². The molecule has 2 unspecified atom stereocenters. The normalized spacial score (nSPS) is 22.8. The summed E-state index contributed by atoms with van der Waals surface area (Å²) in [6.45, 7) is 5.70. The average molecular weight is 307 g/mol. The number of benzene rings is 2. The van der Waals surface area contributed by atoms with Crippen LogP contribution in [0.3, 0.4) is 0 Å². The Bertz CT molecular complexity index is 754. The molecule has 3 heteroatoms. The van der Waals surface area contributed by atoms with E-state index < -0.39 is 0 Å². The van der Waals surface area contributed by atoms with Crippen LogP contribution < -0.4 is 0 Å². The zero-order valence-corrected chi connectivity index (χ0v) is 13.1. The van der Waals surface area contributed by atoms with Crippen LogP contribution in [0.4, 0.5) is 0 Å². The number of phenols is 2. The Hall–Kier alpha value is -2.26. The number of aromatic hydroxyl groups is 2. The van der Waals surface area contributed by atoms with Gasteiger partial charge in [-0.2, -0.15) is 0 Å². The molecule has 0 saturated carbocycles. The molecule has 0 bridgehead atoms. The molecular formula is C20H21NO2. The number of hydrogen-bond acceptors (Lipinski definition) is 3. The lowest BCUT2D eigenvalue weighted by molar-refractivity contribution is 0.204. The molecule has 118 valence electrons. The van der Waals surface area contributed by atoms with Crippen LogP contribution in [0.1, 0.15) is 40.6 Å². The zero-order valence-electron chi connectivity index (χ0n) is 13.1. The number of hydrogen-bond donors (Lipinski definition) is 2. The Morgan fingerprint density at radius 2 is 1.96 bits per heavy atom. The Balaban J connectivity index is 1.89. The first-order valence-electron chi connectivity index (χ1n) is 8.18. The van der Waals surface area contributed by atoms with E-state index in [-0.39, 0.29) is 17.4 Å². The molecule has 0 spiro atoms. The van der Waals surface area contributed by atoms with Gasteiger partial charge in [0.1, 0.15) is 0 Å². The summed E-state index contributed by atoms with van der Waals surface area (Å²) in [5.41, 5.74) is 4.52. The van der Waals surface area contributed by atoms with E-state index in [0.29, 0.717) is 6.04 Å². The minimum absolute atomic E-state index is 0.0116. The first-order valence-corrected chi connectivity index (χ1v) is 8.18. The van der Waals surface area contributed by atoms with Crippen LogP contribution in [0, 0.1) is 0 Å². The third-order valence-corrected chi connectivity index (χ3v) is 5.26. The minimum Gasteiger partial charge on any atom is -0.504 e. The molecule has 3 nitrogen and oxygen atoms in total. The monoisotopic (exact) mass is 307 g/mol. The molecule has 2 aliphatic rings. The van der Waals surface area contributed by atoms with E-state index in [2.05, 4.69) is 23.6 Å². The van der Waals surface area contributed by atoms with Crippen molar-refractivity contribution in [3.05, 3.63) is 71.3 Å². The lowest BCUT2D eigenvalue weighted by atomic mass is 9.90. The van der Waals surface area contributed by atoms with Gasteiger partial charge in [0.05, 0.1) is 0 Å². The molecule has 0 amide bonds. The molecular weight excluding hydrogens is 286 g/mol. The summed E-state index contributed by atoms with van der Waals surface area (Å²) in [4.78, 5) is 2.43. The van der Waals surface area contributed by atoms with Crippen molar-refractivity contribution in [2.75, 3.05) is 13.1 Å². The summed E-state index contributed by atoms with van der Waals surface area (Å²) >= 11 is 0. The molecule has 0 fully saturated rings. The second kappa shape index (κ2) is 5.43. The van der Waals surface area contributed by atoms with Gasteiger partial charge in [0.2, 0.25) is 0 Å². The van der Waals surface area contributed by atoms with Gasteiger partial charge >= 0.3 is 0 Å². The van der Waals surface area contributed by atoms with Crippen molar-refractivity contribution < 1.29 is 10.2 Å². The Kier molecular flexibility index (Phi) is 3.38. The molecule has 0 radical (unpaired) electrons. The summed E-state index contributed by atoms with van der Waals surface area (Å²) in [5, 5.41) is 20.7. The largest absolute Gasteiger partial charge is 0.504 e. The van der Waals surface area contributed by atoms with Gasteiger partial charge in [-0.3, -0.25) is 4.90 Å². The van der Waals surface area contributed by atoms with Gasteiger partial charge in [-0.25, -0.2) is 0 Å². The summed E-state index contributed by atoms with van der Waals surface area (Å²) in [5.74, 6) is 0.200. The summed E-state index contributed by atoms with van der Waals surface area (Å²) in [6, 6.07) is 12.3. The maximum atomic E-state index is 10.5. The van der Waals surface area contributed by atoms with Crippen LogP contribution in [0.5, 0.6) is 11.5 Å². The molecule has 0 saturated heterocycles. The fourth-order valence-electron chi connectivity index (χ4n) is 4.29. The third kappa shape index (κ3) is 2.15. The molecule has 2 aromatic carbocycles. The highest BCUT2D eigenvalue weighted by Crippen LogP contribution is 2.55. The Morgan fingerprint density at radius 1 is 1.17 bits per heavy atom. The molecule has 2 atom stereocenters. The van der Waals surface area contributed by atoms with Crippen LogP contribution in [0.2, 0.25) is 0 Å². The quantitative estimate of drug-likeness (QED) is 0.671. The van der Waals surface area contributed by atoms with Gasteiger partial charge in [0.15, 0.2) is 11.5 Å². The van der Waals surface area contributed by atoms with Crippen LogP contribution in [0.15, 0.2) is 49.1 Å². The molecule has 2 N–H and O–H groups in total. The smallest absolute Gasteiger partial charge is 0.161 e. The van der Waals surface area contributed by atoms with Crippen molar-refractivity contribution in [2.24, 2.45) is 0 Å². The molecule has 2 aromatic rings. The first kappa shape index (κ1) is 14.3. The Labute approximate surface area is 136 Å². The van der Waals surface area contributed by atoms with Gasteiger partial charge in [-0.1, -0.05) is 36.4 Å². The van der Waals surface area contributed by atoms with Crippen LogP contribution in [0.25, 0.3) is 0 Å². The van der Waals surface area contributed by atoms with E-state index in [9.17, 15) is 10.2 Å². The van der Waals surface area contributed by atoms with Crippen molar-refractivity contribution >= 4 is 0 Å². The molecule has 1 aliphatic carbocycles. The lowest BCUT2D eigenvalue weighted by Gasteiger charge is -2.34. The third-order valence-electron chi connectivity index (χ3n) is 5.26. The minimum atomic E-state index is 0.0116. The van der Waals surface area contributed by atoms with E-state index >= 15 is 0 Å². The van der Waals surface area contributed by atoms with E-state index in [1.807, 2.05) is 24.3 Å². The second-order valence-corrected chi connectivity index (χ2v) is 6.48. The summed E-state index contributed by atoms with van der Waals surface area (Å²) < 4.78 is 0. The number of nitrogens with zero attached hydrogens (tertiary/aromatic N) is 1. The molecule has 1 aliphatic heterocycles. The number of phenolic OH excluding ortho intramolecular Hbond substituents is 2. The standard InChI is InChI=1S/C20H21NO2/c1-2-9-21-10-8-14-11-17(22)20(23)19-15(12-16(21)18(14)19)13-6-4-3-5-7-13/h2-7,11,15-16,22-23H,1,8-10,12H2. The highest BCUT2D eigenvalue weighted by atomic mass is 16.3. The summed E-state index contributed by atoms with van der Waals surface area (Å²) in [6.07, 6.45) is 3.79. The fraction of sp³-hybridized carbons (Fsp3) is 0.300. The van der Waals surface area contributed by atoms with E-state index in [1.165, 1.54) is 16.7 Å². The molecule has 23 heavy (non-hydrogen) atoms. The first-order chi connectivity index (χ1) is 11.2. The van der Waals surface area contributed by atoms with Gasteiger partial charge in [-0.15, -0.1) is 6.58 Å². The predicted octanol–water partition coefficient (Wildman–Crippen LogP) is 3.72. The van der Waals surface area contributed by atoms with Crippen molar-refractivity contribution in [3.8, 4) is 11.5 Å². The average Bonchev–Trinajstić information content (AvgIpc) is 2.98. The van der Waals surface area contributed by atoms with Gasteiger partial charge < -0.3 is 10.2 Å². The van der Waals surface area contributed by atoms with E-state index in [0.717, 1.165) is 31.5 Å². The highest BCUT2D eigenvalue weighted by Gasteiger charge is 2.41. The van der Waals surface area contributed by atoms with Crippen LogP contribution >= 0.6 is 0 Å². The SMILES string of the molecule is C=CCN1CCc2cc(O)c(O)c3c2C1CC3c1ccccc1. The van der Waals surface area contributed by atoms with Gasteiger partial charge in [0, 0.05) is 30.6 Å². The molecule has 4 rings (SSSR count). The maximum Gasteiger partial charge on any atom is 0.161 e. The van der Waals surface area contributed by atoms with Crippen molar-refractivity contribution in [3.63, 3.8) is 0 Å². The van der Waals surface area contributed by atoms with Gasteiger partial charge in [-0.05, 0) is 35.6 Å². The highest BCUT2D eigenvalue weighted by molar-refractivity contribution is 5.61. The number of rotatable bonds is 3. The predicted molar refractivity (Wildman–Crippen MR) is 90.9 cm³/mol. The van der Waals surface area contributed by atoms with Crippen LogP contribution in [-0.2, 0) is 6.42 Å². The molecule has 0 aromatic heterocycles.